The number of nitrogens with one attached hydrogen (secondary N) is 1. The molecule has 17 heavy (non-hydrogen) atoms. The molecule has 0 aromatic heterocycles. The highest BCUT2D eigenvalue weighted by atomic mass is 16.6. The average Bonchev–Trinajstić information content (AvgIpc) is 2.25. The summed E-state index contributed by atoms with van der Waals surface area (Å²) in [7, 11) is 0. The fraction of sp³-hybridized carbons (Fsp3) is 1.00. The summed E-state index contributed by atoms with van der Waals surface area (Å²) in [6.45, 7) is 9.48. The van der Waals surface area contributed by atoms with Crippen LogP contribution in [0.5, 0.6) is 0 Å². The van der Waals surface area contributed by atoms with Gasteiger partial charge in [0.25, 0.3) is 0 Å². The molecular weight excluding hydrogens is 214 g/mol. The van der Waals surface area contributed by atoms with Gasteiger partial charge in [0.05, 0.1) is 19.3 Å². The van der Waals surface area contributed by atoms with Gasteiger partial charge in [-0.1, -0.05) is 20.8 Å². The summed E-state index contributed by atoms with van der Waals surface area (Å²) < 4.78 is 11.4. The van der Waals surface area contributed by atoms with E-state index in [1.807, 2.05) is 0 Å². The van der Waals surface area contributed by atoms with Crippen molar-refractivity contribution in [3.8, 4) is 0 Å². The lowest BCUT2D eigenvalue weighted by Crippen LogP contribution is -2.50. The number of hydrogen-bond donors (Lipinski definition) is 1. The molecule has 100 valence electrons. The van der Waals surface area contributed by atoms with Crippen LogP contribution in [0, 0.1) is 11.8 Å². The molecule has 3 atom stereocenters. The van der Waals surface area contributed by atoms with E-state index < -0.39 is 0 Å². The zero-order chi connectivity index (χ0) is 12.3. The normalized spacial score (nSPS) is 34.9. The summed E-state index contributed by atoms with van der Waals surface area (Å²) in [5.74, 6) is 1.61. The van der Waals surface area contributed by atoms with E-state index in [-0.39, 0.29) is 0 Å². The van der Waals surface area contributed by atoms with Gasteiger partial charge in [0.2, 0.25) is 0 Å². The SMILES string of the molecule is CCNC1CCC(C(C)C)CC1OC1COC1. The lowest BCUT2D eigenvalue weighted by Gasteiger charge is -2.41. The maximum absolute atomic E-state index is 6.19. The van der Waals surface area contributed by atoms with Gasteiger partial charge in [-0.15, -0.1) is 0 Å². The van der Waals surface area contributed by atoms with E-state index in [9.17, 15) is 0 Å². The molecule has 1 saturated carbocycles. The Morgan fingerprint density at radius 1 is 1.29 bits per heavy atom. The first kappa shape index (κ1) is 13.3. The van der Waals surface area contributed by atoms with Gasteiger partial charge in [0, 0.05) is 6.04 Å². The molecule has 1 aliphatic carbocycles. The van der Waals surface area contributed by atoms with Crippen LogP contribution >= 0.6 is 0 Å². The van der Waals surface area contributed by atoms with E-state index >= 15 is 0 Å². The molecule has 3 nitrogen and oxygen atoms in total. The molecule has 1 aliphatic heterocycles. The van der Waals surface area contributed by atoms with Crippen LogP contribution < -0.4 is 5.32 Å². The van der Waals surface area contributed by atoms with Crippen LogP contribution in [-0.2, 0) is 9.47 Å². The Balaban J connectivity index is 1.88. The fourth-order valence-corrected chi connectivity index (χ4v) is 2.95. The summed E-state index contributed by atoms with van der Waals surface area (Å²) in [6.07, 6.45) is 4.56. The Hall–Kier alpha value is -0.120. The number of likely N-dealkylation sites (N-methyl/N-ethyl adjacent to an activating group) is 1. The Morgan fingerprint density at radius 3 is 2.59 bits per heavy atom. The standard InChI is InChI=1S/C14H27NO2/c1-4-15-13-6-5-11(10(2)3)7-14(13)17-12-8-16-9-12/h10-15H,4-9H2,1-3H3. The number of ether oxygens (including phenoxy) is 2. The largest absolute Gasteiger partial charge is 0.376 e. The second-order valence-corrected chi connectivity index (χ2v) is 5.82. The molecule has 1 saturated heterocycles. The maximum atomic E-state index is 6.19. The van der Waals surface area contributed by atoms with Crippen molar-refractivity contribution in [3.63, 3.8) is 0 Å². The van der Waals surface area contributed by atoms with Crippen molar-refractivity contribution in [2.75, 3.05) is 19.8 Å². The zero-order valence-corrected chi connectivity index (χ0v) is 11.4. The maximum Gasteiger partial charge on any atom is 0.105 e. The van der Waals surface area contributed by atoms with Crippen molar-refractivity contribution in [2.45, 2.75) is 58.3 Å². The Labute approximate surface area is 105 Å². The molecule has 2 rings (SSSR count). The Bertz CT molecular complexity index is 228. The first-order chi connectivity index (χ1) is 8.20. The summed E-state index contributed by atoms with van der Waals surface area (Å²) >= 11 is 0. The first-order valence-electron chi connectivity index (χ1n) is 7.17. The van der Waals surface area contributed by atoms with Crippen LogP contribution in [0.2, 0.25) is 0 Å². The van der Waals surface area contributed by atoms with Gasteiger partial charge >= 0.3 is 0 Å². The molecule has 2 fully saturated rings. The predicted molar refractivity (Wildman–Crippen MR) is 69.1 cm³/mol. The third kappa shape index (κ3) is 3.43. The molecule has 3 heteroatoms. The average molecular weight is 241 g/mol. The minimum Gasteiger partial charge on any atom is -0.376 e. The molecule has 0 aromatic rings. The van der Waals surface area contributed by atoms with E-state index in [4.69, 9.17) is 9.47 Å². The monoisotopic (exact) mass is 241 g/mol. The summed E-state index contributed by atoms with van der Waals surface area (Å²) in [5.41, 5.74) is 0. The zero-order valence-electron chi connectivity index (χ0n) is 11.4. The smallest absolute Gasteiger partial charge is 0.105 e. The van der Waals surface area contributed by atoms with Crippen LogP contribution in [0.4, 0.5) is 0 Å². The summed E-state index contributed by atoms with van der Waals surface area (Å²) in [6, 6.07) is 0.551. The topological polar surface area (TPSA) is 30.5 Å². The molecule has 2 aliphatic rings. The Kier molecular flexibility index (Phi) is 4.83. The molecule has 1 N–H and O–H groups in total. The molecule has 0 amide bonds. The van der Waals surface area contributed by atoms with Crippen molar-refractivity contribution < 1.29 is 9.47 Å². The van der Waals surface area contributed by atoms with Crippen molar-refractivity contribution in [2.24, 2.45) is 11.8 Å². The van der Waals surface area contributed by atoms with Crippen LogP contribution in [-0.4, -0.2) is 38.0 Å². The third-order valence-electron chi connectivity index (χ3n) is 4.22. The van der Waals surface area contributed by atoms with Gasteiger partial charge in [0.15, 0.2) is 0 Å². The summed E-state index contributed by atoms with van der Waals surface area (Å²) in [4.78, 5) is 0. The van der Waals surface area contributed by atoms with Gasteiger partial charge in [-0.25, -0.2) is 0 Å². The van der Waals surface area contributed by atoms with E-state index in [1.165, 1.54) is 19.3 Å². The van der Waals surface area contributed by atoms with Gasteiger partial charge in [-0.2, -0.15) is 0 Å². The van der Waals surface area contributed by atoms with Gasteiger partial charge in [0.1, 0.15) is 6.10 Å². The van der Waals surface area contributed by atoms with Crippen LogP contribution in [0.25, 0.3) is 0 Å². The minimum atomic E-state index is 0.354. The number of rotatable bonds is 5. The fourth-order valence-electron chi connectivity index (χ4n) is 2.95. The predicted octanol–water partition coefficient (Wildman–Crippen LogP) is 2.20. The highest BCUT2D eigenvalue weighted by Crippen LogP contribution is 2.32. The van der Waals surface area contributed by atoms with Gasteiger partial charge in [-0.05, 0) is 37.6 Å². The van der Waals surface area contributed by atoms with Crippen molar-refractivity contribution in [1.29, 1.82) is 0 Å². The summed E-state index contributed by atoms with van der Waals surface area (Å²) in [5, 5.41) is 3.58. The van der Waals surface area contributed by atoms with E-state index in [1.54, 1.807) is 0 Å². The lowest BCUT2D eigenvalue weighted by atomic mass is 9.78. The van der Waals surface area contributed by atoms with E-state index in [2.05, 4.69) is 26.1 Å². The third-order valence-corrected chi connectivity index (χ3v) is 4.22. The van der Waals surface area contributed by atoms with E-state index in [0.29, 0.717) is 18.2 Å². The first-order valence-corrected chi connectivity index (χ1v) is 7.17. The quantitative estimate of drug-likeness (QED) is 0.800. The van der Waals surface area contributed by atoms with Crippen molar-refractivity contribution in [1.82, 2.24) is 5.32 Å². The molecule has 0 radical (unpaired) electrons. The Morgan fingerprint density at radius 2 is 2.06 bits per heavy atom. The lowest BCUT2D eigenvalue weighted by molar-refractivity contribution is -0.170. The van der Waals surface area contributed by atoms with Crippen molar-refractivity contribution in [3.05, 3.63) is 0 Å². The molecule has 3 unspecified atom stereocenters. The minimum absolute atomic E-state index is 0.354. The molecule has 0 spiro atoms. The van der Waals surface area contributed by atoms with Crippen LogP contribution in [0.1, 0.15) is 40.0 Å². The second kappa shape index (κ2) is 6.17. The van der Waals surface area contributed by atoms with E-state index in [0.717, 1.165) is 31.6 Å². The highest BCUT2D eigenvalue weighted by molar-refractivity contribution is 4.88. The van der Waals surface area contributed by atoms with Gasteiger partial charge in [-0.3, -0.25) is 0 Å². The number of hydrogen-bond acceptors (Lipinski definition) is 3. The molecular formula is C14H27NO2. The van der Waals surface area contributed by atoms with Crippen molar-refractivity contribution >= 4 is 0 Å². The molecule has 1 heterocycles. The second-order valence-electron chi connectivity index (χ2n) is 5.82. The molecule has 0 bridgehead atoms. The van der Waals surface area contributed by atoms with Gasteiger partial charge < -0.3 is 14.8 Å². The molecule has 0 aromatic carbocycles. The van der Waals surface area contributed by atoms with Crippen LogP contribution in [0.15, 0.2) is 0 Å². The highest BCUT2D eigenvalue weighted by Gasteiger charge is 2.35. The van der Waals surface area contributed by atoms with Crippen LogP contribution in [0.3, 0.4) is 0 Å².